The second kappa shape index (κ2) is 8.51. The van der Waals surface area contributed by atoms with E-state index < -0.39 is 0 Å². The molecule has 0 saturated heterocycles. The van der Waals surface area contributed by atoms with E-state index in [9.17, 15) is 4.79 Å². The fourth-order valence-corrected chi connectivity index (χ4v) is 5.99. The number of carbonyl (C=O) groups excluding carboxylic acids is 1. The summed E-state index contributed by atoms with van der Waals surface area (Å²) >= 11 is 1.76. The van der Waals surface area contributed by atoms with E-state index in [2.05, 4.69) is 81.7 Å². The molecule has 2 aromatic heterocycles. The molecule has 1 atom stereocenters. The molecule has 1 aromatic carbocycles. The van der Waals surface area contributed by atoms with Crippen LogP contribution in [0.3, 0.4) is 0 Å². The third-order valence-corrected chi connectivity index (χ3v) is 8.32. The van der Waals surface area contributed by atoms with Crippen molar-refractivity contribution in [2.75, 3.05) is 5.32 Å². The van der Waals surface area contributed by atoms with Gasteiger partial charge in [-0.15, -0.1) is 11.3 Å². The number of fused-ring (bicyclic) bond motifs is 1. The van der Waals surface area contributed by atoms with E-state index in [-0.39, 0.29) is 22.8 Å². The van der Waals surface area contributed by atoms with Crippen LogP contribution in [-0.4, -0.2) is 15.6 Å². The van der Waals surface area contributed by atoms with Crippen LogP contribution in [0.4, 0.5) is 5.82 Å². The molecule has 0 bridgehead atoms. The Labute approximate surface area is 196 Å². The zero-order valence-corrected chi connectivity index (χ0v) is 21.0. The van der Waals surface area contributed by atoms with Crippen LogP contribution in [-0.2, 0) is 11.0 Å². The van der Waals surface area contributed by atoms with Gasteiger partial charge in [0.15, 0.2) is 5.78 Å². The van der Waals surface area contributed by atoms with Gasteiger partial charge in [0.25, 0.3) is 0 Å². The van der Waals surface area contributed by atoms with Crippen molar-refractivity contribution < 1.29 is 4.79 Å². The van der Waals surface area contributed by atoms with Crippen LogP contribution in [0.2, 0.25) is 0 Å². The van der Waals surface area contributed by atoms with Gasteiger partial charge in [-0.05, 0) is 64.0 Å². The lowest BCUT2D eigenvalue weighted by Crippen LogP contribution is -2.38. The van der Waals surface area contributed by atoms with Gasteiger partial charge in [-0.3, -0.25) is 4.79 Å². The first-order valence-electron chi connectivity index (χ1n) is 11.7. The first-order valence-corrected chi connectivity index (χ1v) is 12.6. The molecule has 1 unspecified atom stereocenters. The summed E-state index contributed by atoms with van der Waals surface area (Å²) in [6.07, 6.45) is 3.29. The molecular formula is C27H35N3OS. The van der Waals surface area contributed by atoms with E-state index in [1.807, 2.05) is 11.6 Å². The Bertz CT molecular complexity index is 1090. The molecule has 1 N–H and O–H groups in total. The van der Waals surface area contributed by atoms with Crippen molar-refractivity contribution in [2.24, 2.45) is 0 Å². The van der Waals surface area contributed by atoms with Crippen molar-refractivity contribution in [3.63, 3.8) is 0 Å². The molecule has 3 heterocycles. The number of rotatable bonds is 7. The number of hydrogen-bond donors (Lipinski definition) is 1. The molecule has 4 rings (SSSR count). The average Bonchev–Trinajstić information content (AvgIpc) is 3.40. The van der Waals surface area contributed by atoms with Crippen LogP contribution in [0, 0.1) is 13.8 Å². The van der Waals surface area contributed by atoms with Gasteiger partial charge in [0.1, 0.15) is 5.82 Å². The maximum atomic E-state index is 13.9. The second-order valence-electron chi connectivity index (χ2n) is 9.90. The molecule has 1 aliphatic rings. The van der Waals surface area contributed by atoms with Crippen molar-refractivity contribution in [1.82, 2.24) is 9.78 Å². The Morgan fingerprint density at radius 1 is 1.19 bits per heavy atom. The van der Waals surface area contributed by atoms with Crippen LogP contribution in [0.15, 0.2) is 41.8 Å². The van der Waals surface area contributed by atoms with Gasteiger partial charge in [-0.2, -0.15) is 5.10 Å². The highest BCUT2D eigenvalue weighted by atomic mass is 32.1. The zero-order chi connectivity index (χ0) is 23.1. The minimum Gasteiger partial charge on any atom is -0.362 e. The number of nitrogens with one attached hydrogen (secondary N) is 1. The summed E-state index contributed by atoms with van der Waals surface area (Å²) in [5.74, 6) is 1.07. The van der Waals surface area contributed by atoms with E-state index in [0.29, 0.717) is 6.42 Å². The highest BCUT2D eigenvalue weighted by molar-refractivity contribution is 7.10. The first kappa shape index (κ1) is 22.8. The van der Waals surface area contributed by atoms with Crippen LogP contribution in [0.25, 0.3) is 0 Å². The van der Waals surface area contributed by atoms with Crippen LogP contribution in [0.5, 0.6) is 0 Å². The zero-order valence-electron chi connectivity index (χ0n) is 20.2. The maximum Gasteiger partial charge on any atom is 0.169 e. The molecule has 0 aliphatic carbocycles. The molecule has 0 fully saturated rings. The smallest absolute Gasteiger partial charge is 0.169 e. The fraction of sp³-hybridized carbons (Fsp3) is 0.481. The average molecular weight is 450 g/mol. The van der Waals surface area contributed by atoms with Crippen LogP contribution >= 0.6 is 11.3 Å². The fourth-order valence-electron chi connectivity index (χ4n) is 5.21. The van der Waals surface area contributed by atoms with E-state index in [4.69, 9.17) is 5.10 Å². The number of benzene rings is 1. The summed E-state index contributed by atoms with van der Waals surface area (Å²) in [7, 11) is 0. The summed E-state index contributed by atoms with van der Waals surface area (Å²) in [4.78, 5) is 15.2. The summed E-state index contributed by atoms with van der Waals surface area (Å²) < 4.78 is 2.05. The van der Waals surface area contributed by atoms with Gasteiger partial charge in [0.2, 0.25) is 0 Å². The number of anilines is 1. The van der Waals surface area contributed by atoms with E-state index >= 15 is 0 Å². The predicted molar refractivity (Wildman–Crippen MR) is 134 cm³/mol. The number of aryl methyl sites for hydroxylation is 2. The van der Waals surface area contributed by atoms with Gasteiger partial charge in [-0.25, -0.2) is 4.68 Å². The van der Waals surface area contributed by atoms with E-state index in [1.165, 1.54) is 16.0 Å². The van der Waals surface area contributed by atoms with Gasteiger partial charge >= 0.3 is 0 Å². The largest absolute Gasteiger partial charge is 0.362 e. The van der Waals surface area contributed by atoms with Crippen molar-refractivity contribution in [3.05, 3.63) is 69.0 Å². The standard InChI is InChI=1S/C27H35N3OS/c1-7-27(8-2,20-13-11-18(3)12-14-20)17-22(31)24-19(4)29-30-25(24)28-21(16-26(30,5)6)23-10-9-15-32-23/h9-15,21,28H,7-8,16-17H2,1-6H3. The van der Waals surface area contributed by atoms with Gasteiger partial charge in [0, 0.05) is 16.7 Å². The normalized spacial score (nSPS) is 17.6. The van der Waals surface area contributed by atoms with E-state index in [1.54, 1.807) is 11.3 Å². The molecule has 3 aromatic rings. The molecular weight excluding hydrogens is 414 g/mol. The number of aromatic nitrogens is 2. The molecule has 0 amide bonds. The van der Waals surface area contributed by atoms with E-state index in [0.717, 1.165) is 36.3 Å². The summed E-state index contributed by atoms with van der Waals surface area (Å²) in [5, 5.41) is 10.6. The molecule has 0 saturated carbocycles. The lowest BCUT2D eigenvalue weighted by Gasteiger charge is -2.38. The topological polar surface area (TPSA) is 46.9 Å². The van der Waals surface area contributed by atoms with Crippen molar-refractivity contribution in [2.45, 2.75) is 84.2 Å². The molecule has 0 spiro atoms. The molecule has 32 heavy (non-hydrogen) atoms. The van der Waals surface area contributed by atoms with Crippen molar-refractivity contribution >= 4 is 22.9 Å². The Morgan fingerprint density at radius 3 is 2.47 bits per heavy atom. The molecule has 4 nitrogen and oxygen atoms in total. The van der Waals surface area contributed by atoms with Crippen LogP contribution in [0.1, 0.15) is 91.5 Å². The van der Waals surface area contributed by atoms with Crippen molar-refractivity contribution in [1.29, 1.82) is 0 Å². The molecule has 1 aliphatic heterocycles. The predicted octanol–water partition coefficient (Wildman–Crippen LogP) is 7.18. The quantitative estimate of drug-likeness (QED) is 0.388. The van der Waals surface area contributed by atoms with Gasteiger partial charge < -0.3 is 5.32 Å². The Hall–Kier alpha value is -2.40. The molecule has 5 heteroatoms. The first-order chi connectivity index (χ1) is 15.2. The number of thiophene rings is 1. The minimum absolute atomic E-state index is 0.163. The monoisotopic (exact) mass is 449 g/mol. The highest BCUT2D eigenvalue weighted by Crippen LogP contribution is 2.44. The number of ketones is 1. The summed E-state index contributed by atoms with van der Waals surface area (Å²) in [6, 6.07) is 13.2. The number of Topliss-reactive ketones (excluding diaryl/α,β-unsaturated/α-hetero) is 1. The number of nitrogens with zero attached hydrogens (tertiary/aromatic N) is 2. The molecule has 0 radical (unpaired) electrons. The third-order valence-electron chi connectivity index (χ3n) is 7.33. The lowest BCUT2D eigenvalue weighted by atomic mass is 9.71. The molecule has 170 valence electrons. The maximum absolute atomic E-state index is 13.9. The van der Waals surface area contributed by atoms with Gasteiger partial charge in [-0.1, -0.05) is 49.7 Å². The van der Waals surface area contributed by atoms with Gasteiger partial charge in [0.05, 0.1) is 22.8 Å². The highest BCUT2D eigenvalue weighted by Gasteiger charge is 2.40. The minimum atomic E-state index is -0.165. The second-order valence-corrected chi connectivity index (χ2v) is 10.9. The summed E-state index contributed by atoms with van der Waals surface area (Å²) in [5.41, 5.74) is 3.75. The number of hydrogen-bond acceptors (Lipinski definition) is 4. The third kappa shape index (κ3) is 3.92. The lowest BCUT2D eigenvalue weighted by molar-refractivity contribution is 0.0944. The Morgan fingerprint density at radius 2 is 1.88 bits per heavy atom. The number of carbonyl (C=O) groups is 1. The Kier molecular flexibility index (Phi) is 6.06. The summed E-state index contributed by atoms with van der Waals surface area (Å²) in [6.45, 7) is 12.9. The SMILES string of the molecule is CCC(CC)(CC(=O)c1c(C)nn2c1NC(c1cccs1)CC2(C)C)c1ccc(C)cc1. The Balaban J connectivity index is 1.72. The van der Waals surface area contributed by atoms with Crippen molar-refractivity contribution in [3.8, 4) is 0 Å². The van der Waals surface area contributed by atoms with Crippen LogP contribution < -0.4 is 5.32 Å².